The largest absolute Gasteiger partial charge is 0.309 e. The highest BCUT2D eigenvalue weighted by atomic mass is 15.0. The maximum Gasteiger partial charge on any atom is 0.0973 e. The molecule has 10 aromatic carbocycles. The van der Waals surface area contributed by atoms with Crippen molar-refractivity contribution in [1.29, 1.82) is 0 Å². The first-order chi connectivity index (χ1) is 32.3. The first-order valence-electron chi connectivity index (χ1n) is 22.3. The molecule has 5 nitrogen and oxygen atoms in total. The van der Waals surface area contributed by atoms with E-state index in [1.807, 2.05) is 12.1 Å². The van der Waals surface area contributed by atoms with E-state index in [1.165, 1.54) is 87.0 Å². The van der Waals surface area contributed by atoms with E-state index in [4.69, 9.17) is 9.97 Å². The lowest BCUT2D eigenvalue weighted by molar-refractivity contribution is 1.18. The molecule has 15 aromatic rings. The fourth-order valence-corrected chi connectivity index (χ4v) is 11.2. The Labute approximate surface area is 371 Å². The molecular weight excluding hydrogens is 791 g/mol. The molecule has 0 atom stereocenters. The van der Waals surface area contributed by atoms with Gasteiger partial charge in [0.1, 0.15) is 0 Å². The highest BCUT2D eigenvalue weighted by Crippen LogP contribution is 2.48. The van der Waals surface area contributed by atoms with Crippen LogP contribution in [-0.4, -0.2) is 23.5 Å². The van der Waals surface area contributed by atoms with Crippen LogP contribution >= 0.6 is 0 Å². The van der Waals surface area contributed by atoms with Crippen molar-refractivity contribution in [2.24, 2.45) is 0 Å². The topological polar surface area (TPSA) is 40.0 Å². The summed E-state index contributed by atoms with van der Waals surface area (Å²) in [5, 5.41) is 12.5. The summed E-state index contributed by atoms with van der Waals surface area (Å²) >= 11 is 0. The van der Waals surface area contributed by atoms with Crippen LogP contribution in [0.3, 0.4) is 0 Å². The fraction of sp³-hybridized carbons (Fsp3) is 0. The summed E-state index contributed by atoms with van der Waals surface area (Å²) in [7, 11) is 0. The summed E-state index contributed by atoms with van der Waals surface area (Å²) < 4.78 is 7.37. The van der Waals surface area contributed by atoms with Crippen molar-refractivity contribution >= 4 is 104 Å². The van der Waals surface area contributed by atoms with Crippen LogP contribution in [0.2, 0.25) is 0 Å². The molecule has 0 saturated heterocycles. The number of hydrogen-bond donors (Lipinski definition) is 0. The van der Waals surface area contributed by atoms with Gasteiger partial charge in [0.25, 0.3) is 0 Å². The first-order valence-corrected chi connectivity index (χ1v) is 22.3. The Hall–Kier alpha value is -8.80. The molecule has 15 rings (SSSR count). The average Bonchev–Trinajstić information content (AvgIpc) is 4.10. The summed E-state index contributed by atoms with van der Waals surface area (Å²) in [6.07, 6.45) is 0. The minimum Gasteiger partial charge on any atom is -0.309 e. The Balaban J connectivity index is 0.992. The van der Waals surface area contributed by atoms with E-state index in [0.717, 1.165) is 50.4 Å². The van der Waals surface area contributed by atoms with Gasteiger partial charge in [0, 0.05) is 71.0 Å². The molecule has 0 aliphatic carbocycles. The second kappa shape index (κ2) is 12.9. The molecule has 0 saturated carbocycles. The molecule has 0 amide bonds. The van der Waals surface area contributed by atoms with E-state index in [9.17, 15) is 0 Å². The maximum atomic E-state index is 5.39. The van der Waals surface area contributed by atoms with Crippen LogP contribution in [-0.2, 0) is 0 Å². The Bertz CT molecular complexity index is 4460. The molecule has 0 spiro atoms. The van der Waals surface area contributed by atoms with Gasteiger partial charge >= 0.3 is 0 Å². The minimum absolute atomic E-state index is 0.850. The predicted molar refractivity (Wildman–Crippen MR) is 271 cm³/mol. The standard InChI is InChI=1S/C60H35N5/c1-2-15-39(16-3-1)63-51-23-11-6-18-42(51)44-32-29-38(34-54(44)63)57-56(61-49-21-9-10-22-50(49)62-57)37-26-30-40(31-27-37)64-58-41-17-5-4-14-36(41)28-33-45(58)48-35-47-43-19-7-12-24-52(43)65-53-25-13-8-20-46(53)55(59(48)64)60(47)65/h1-35H. The monoisotopic (exact) mass is 825 g/mol. The number of aromatic nitrogens is 5. The van der Waals surface area contributed by atoms with Gasteiger partial charge in [-0.25, -0.2) is 9.97 Å². The van der Waals surface area contributed by atoms with Crippen LogP contribution in [0.5, 0.6) is 0 Å². The Morgan fingerprint density at radius 1 is 0.292 bits per heavy atom. The van der Waals surface area contributed by atoms with Crippen LogP contribution in [0.4, 0.5) is 0 Å². The summed E-state index contributed by atoms with van der Waals surface area (Å²) in [5.41, 5.74) is 16.1. The van der Waals surface area contributed by atoms with Crippen molar-refractivity contribution in [3.8, 4) is 33.9 Å². The van der Waals surface area contributed by atoms with E-state index in [-0.39, 0.29) is 0 Å². The fourth-order valence-electron chi connectivity index (χ4n) is 11.2. The second-order valence-electron chi connectivity index (χ2n) is 17.3. The van der Waals surface area contributed by atoms with Gasteiger partial charge in [-0.2, -0.15) is 0 Å². The molecule has 5 aromatic heterocycles. The van der Waals surface area contributed by atoms with Crippen LogP contribution in [0.25, 0.3) is 137 Å². The Morgan fingerprint density at radius 3 is 1.60 bits per heavy atom. The smallest absolute Gasteiger partial charge is 0.0973 e. The number of nitrogens with zero attached hydrogens (tertiary/aromatic N) is 5. The number of hydrogen-bond acceptors (Lipinski definition) is 2. The van der Waals surface area contributed by atoms with E-state index in [1.54, 1.807) is 0 Å². The van der Waals surface area contributed by atoms with Gasteiger partial charge in [0.05, 0.1) is 61.0 Å². The van der Waals surface area contributed by atoms with Gasteiger partial charge in [-0.05, 0) is 72.1 Å². The van der Waals surface area contributed by atoms with Gasteiger partial charge in [0.15, 0.2) is 0 Å². The zero-order valence-electron chi connectivity index (χ0n) is 34.9. The summed E-state index contributed by atoms with van der Waals surface area (Å²) in [6, 6.07) is 76.9. The zero-order chi connectivity index (χ0) is 42.3. The molecule has 0 N–H and O–H groups in total. The predicted octanol–water partition coefficient (Wildman–Crippen LogP) is 15.5. The van der Waals surface area contributed by atoms with Gasteiger partial charge in [0.2, 0.25) is 0 Å². The van der Waals surface area contributed by atoms with Crippen LogP contribution in [0.15, 0.2) is 212 Å². The van der Waals surface area contributed by atoms with E-state index in [0.29, 0.717) is 0 Å². The molecule has 0 unspecified atom stereocenters. The maximum absolute atomic E-state index is 5.39. The van der Waals surface area contributed by atoms with Crippen molar-refractivity contribution in [1.82, 2.24) is 23.5 Å². The highest BCUT2D eigenvalue weighted by Gasteiger charge is 2.25. The molecule has 0 aliphatic rings. The number of benzene rings is 10. The number of rotatable bonds is 4. The Kier molecular flexibility index (Phi) is 6.89. The van der Waals surface area contributed by atoms with Crippen molar-refractivity contribution in [2.75, 3.05) is 0 Å². The quantitative estimate of drug-likeness (QED) is 0.177. The van der Waals surface area contributed by atoms with Gasteiger partial charge in [-0.3, -0.25) is 0 Å². The van der Waals surface area contributed by atoms with E-state index in [2.05, 4.69) is 214 Å². The van der Waals surface area contributed by atoms with Crippen LogP contribution in [0, 0.1) is 0 Å². The lowest BCUT2D eigenvalue weighted by atomic mass is 10.0. The SMILES string of the molecule is c1ccc(-n2c3ccccc3c3ccc(-c4nc5ccccc5nc4-c4ccc(-n5c6c7ccccc7ccc6c6cc7c8ccccc8n8c9ccccc9c(c65)c78)cc4)cc32)cc1. The van der Waals surface area contributed by atoms with Gasteiger partial charge in [-0.1, -0.05) is 146 Å². The normalized spacial score (nSPS) is 12.3. The van der Waals surface area contributed by atoms with Crippen LogP contribution in [0.1, 0.15) is 0 Å². The third-order valence-electron chi connectivity index (χ3n) is 13.9. The highest BCUT2D eigenvalue weighted by molar-refractivity contribution is 6.35. The molecule has 65 heavy (non-hydrogen) atoms. The van der Waals surface area contributed by atoms with Crippen molar-refractivity contribution in [3.05, 3.63) is 212 Å². The Morgan fingerprint density at radius 2 is 0.831 bits per heavy atom. The molecule has 0 bridgehead atoms. The molecule has 5 heterocycles. The summed E-state index contributed by atoms with van der Waals surface area (Å²) in [6.45, 7) is 0. The average molecular weight is 826 g/mol. The van der Waals surface area contributed by atoms with Crippen molar-refractivity contribution in [2.45, 2.75) is 0 Å². The third kappa shape index (κ3) is 4.71. The van der Waals surface area contributed by atoms with E-state index < -0.39 is 0 Å². The van der Waals surface area contributed by atoms with Gasteiger partial charge in [-0.15, -0.1) is 0 Å². The van der Waals surface area contributed by atoms with Crippen molar-refractivity contribution in [3.63, 3.8) is 0 Å². The lowest BCUT2D eigenvalue weighted by Crippen LogP contribution is -1.98. The number of fused-ring (bicyclic) bond motifs is 16. The minimum atomic E-state index is 0.850. The lowest BCUT2D eigenvalue weighted by Gasteiger charge is -2.14. The van der Waals surface area contributed by atoms with E-state index >= 15 is 0 Å². The molecule has 0 fully saturated rings. The number of para-hydroxylation sites is 6. The van der Waals surface area contributed by atoms with Crippen LogP contribution < -0.4 is 0 Å². The van der Waals surface area contributed by atoms with Gasteiger partial charge < -0.3 is 13.5 Å². The summed E-state index contributed by atoms with van der Waals surface area (Å²) in [4.78, 5) is 10.8. The molecule has 5 heteroatoms. The summed E-state index contributed by atoms with van der Waals surface area (Å²) in [5.74, 6) is 0. The molecule has 0 aliphatic heterocycles. The van der Waals surface area contributed by atoms with Crippen molar-refractivity contribution < 1.29 is 0 Å². The molecular formula is C60H35N5. The molecule has 300 valence electrons. The zero-order valence-corrected chi connectivity index (χ0v) is 34.9. The third-order valence-corrected chi connectivity index (χ3v) is 13.9. The second-order valence-corrected chi connectivity index (χ2v) is 17.3. The molecule has 0 radical (unpaired) electrons. The first kappa shape index (κ1) is 34.7.